The molecular weight excluding hydrogens is 270 g/mol. The lowest BCUT2D eigenvalue weighted by Gasteiger charge is -2.03. The first-order chi connectivity index (χ1) is 7.69. The van der Waals surface area contributed by atoms with Gasteiger partial charge in [0.15, 0.2) is 0 Å². The van der Waals surface area contributed by atoms with Gasteiger partial charge in [-0.15, -0.1) is 0 Å². The molecule has 0 aliphatic carbocycles. The summed E-state index contributed by atoms with van der Waals surface area (Å²) in [5.74, 6) is 1.31. The van der Waals surface area contributed by atoms with Crippen LogP contribution in [0.5, 0.6) is 5.88 Å². The number of hydrogen-bond donors (Lipinski definition) is 0. The molecule has 0 radical (unpaired) electrons. The fraction of sp³-hybridized carbons (Fsp3) is 0.182. The average Bonchev–Trinajstić information content (AvgIpc) is 2.28. The number of rotatable bonds is 2. The minimum absolute atomic E-state index is 0.591. The van der Waals surface area contributed by atoms with Crippen LogP contribution in [-0.2, 0) is 0 Å². The summed E-state index contributed by atoms with van der Waals surface area (Å²) < 4.78 is 5.77. The van der Waals surface area contributed by atoms with E-state index in [-0.39, 0.29) is 0 Å². The van der Waals surface area contributed by atoms with Gasteiger partial charge in [-0.3, -0.25) is 0 Å². The molecule has 0 N–H and O–H groups in total. The maximum Gasteiger partial charge on any atom is 0.212 e. The fourth-order valence-corrected chi connectivity index (χ4v) is 1.81. The van der Waals surface area contributed by atoms with Gasteiger partial charge < -0.3 is 4.74 Å². The summed E-state index contributed by atoms with van der Waals surface area (Å²) in [6, 6.07) is 5.58. The molecule has 16 heavy (non-hydrogen) atoms. The third-order valence-corrected chi connectivity index (χ3v) is 2.45. The molecule has 0 saturated carbocycles. The van der Waals surface area contributed by atoms with Gasteiger partial charge in [0.25, 0.3) is 0 Å². The number of hydrogen-bond acceptors (Lipinski definition) is 4. The number of methoxy groups -OCH3 is 1. The maximum absolute atomic E-state index is 5.00. The van der Waals surface area contributed by atoms with E-state index in [2.05, 4.69) is 30.9 Å². The van der Waals surface area contributed by atoms with E-state index in [0.717, 1.165) is 21.7 Å². The molecule has 0 aliphatic heterocycles. The molecule has 0 atom stereocenters. The molecule has 2 heterocycles. The summed E-state index contributed by atoms with van der Waals surface area (Å²) in [5, 5.41) is 0. The first-order valence-electron chi connectivity index (χ1n) is 4.70. The van der Waals surface area contributed by atoms with E-state index in [9.17, 15) is 0 Å². The van der Waals surface area contributed by atoms with Crippen molar-refractivity contribution in [3.05, 3.63) is 34.8 Å². The second-order valence-corrected chi connectivity index (χ2v) is 4.02. The lowest BCUT2D eigenvalue weighted by atomic mass is 10.2. The highest BCUT2D eigenvalue weighted by Crippen LogP contribution is 2.20. The van der Waals surface area contributed by atoms with E-state index < -0.39 is 0 Å². The molecule has 4 nitrogen and oxygen atoms in total. The minimum atomic E-state index is 0.591. The van der Waals surface area contributed by atoms with Gasteiger partial charge >= 0.3 is 0 Å². The summed E-state index contributed by atoms with van der Waals surface area (Å²) in [4.78, 5) is 12.6. The molecule has 0 fully saturated rings. The van der Waals surface area contributed by atoms with Crippen molar-refractivity contribution in [3.63, 3.8) is 0 Å². The topological polar surface area (TPSA) is 47.9 Å². The molecule has 0 bridgehead atoms. The average molecular weight is 280 g/mol. The zero-order valence-corrected chi connectivity index (χ0v) is 10.5. The van der Waals surface area contributed by atoms with Crippen LogP contribution in [0, 0.1) is 6.92 Å². The Hall–Kier alpha value is -1.49. The molecule has 82 valence electrons. The van der Waals surface area contributed by atoms with Crippen molar-refractivity contribution in [2.75, 3.05) is 7.11 Å². The predicted molar refractivity (Wildman–Crippen MR) is 64.3 cm³/mol. The number of halogens is 1. The molecule has 0 aromatic carbocycles. The number of aryl methyl sites for hydroxylation is 1. The molecular formula is C11H10BrN3O. The standard InChI is InChI=1S/C11H10BrN3O/c1-7-14-9(5-10(12)15-7)8-3-4-11(16-2)13-6-8/h3-6H,1-2H3. The van der Waals surface area contributed by atoms with Gasteiger partial charge in [-0.25, -0.2) is 15.0 Å². The van der Waals surface area contributed by atoms with Crippen molar-refractivity contribution in [2.45, 2.75) is 6.92 Å². The van der Waals surface area contributed by atoms with E-state index in [1.54, 1.807) is 19.4 Å². The summed E-state index contributed by atoms with van der Waals surface area (Å²) in [7, 11) is 1.59. The third kappa shape index (κ3) is 2.36. The highest BCUT2D eigenvalue weighted by molar-refractivity contribution is 9.10. The highest BCUT2D eigenvalue weighted by Gasteiger charge is 2.03. The van der Waals surface area contributed by atoms with Crippen LogP contribution in [0.15, 0.2) is 29.0 Å². The molecule has 0 aliphatic rings. The Morgan fingerprint density at radius 3 is 2.62 bits per heavy atom. The maximum atomic E-state index is 5.00. The molecule has 0 unspecified atom stereocenters. The van der Waals surface area contributed by atoms with E-state index >= 15 is 0 Å². The molecule has 2 rings (SSSR count). The van der Waals surface area contributed by atoms with E-state index in [0.29, 0.717) is 5.88 Å². The molecule has 2 aromatic rings. The van der Waals surface area contributed by atoms with Crippen molar-refractivity contribution >= 4 is 15.9 Å². The Kier molecular flexibility index (Phi) is 3.14. The Morgan fingerprint density at radius 2 is 2.06 bits per heavy atom. The van der Waals surface area contributed by atoms with Crippen LogP contribution in [0.2, 0.25) is 0 Å². The van der Waals surface area contributed by atoms with Crippen molar-refractivity contribution in [3.8, 4) is 17.1 Å². The van der Waals surface area contributed by atoms with E-state index in [1.807, 2.05) is 19.1 Å². The molecule has 2 aromatic heterocycles. The van der Waals surface area contributed by atoms with Gasteiger partial charge in [-0.2, -0.15) is 0 Å². The quantitative estimate of drug-likeness (QED) is 0.793. The summed E-state index contributed by atoms with van der Waals surface area (Å²) >= 11 is 3.34. The fourth-order valence-electron chi connectivity index (χ4n) is 1.33. The van der Waals surface area contributed by atoms with Crippen molar-refractivity contribution in [1.82, 2.24) is 15.0 Å². The SMILES string of the molecule is COc1ccc(-c2cc(Br)nc(C)n2)cn1. The van der Waals surface area contributed by atoms with Crippen molar-refractivity contribution < 1.29 is 4.74 Å². The molecule has 0 amide bonds. The first-order valence-corrected chi connectivity index (χ1v) is 5.50. The van der Waals surface area contributed by atoms with Gasteiger partial charge in [0.2, 0.25) is 5.88 Å². The summed E-state index contributed by atoms with van der Waals surface area (Å²) in [5.41, 5.74) is 1.78. The van der Waals surface area contributed by atoms with Gasteiger partial charge in [0, 0.05) is 17.8 Å². The number of ether oxygens (including phenoxy) is 1. The second kappa shape index (κ2) is 4.57. The molecule has 5 heteroatoms. The van der Waals surface area contributed by atoms with E-state index in [4.69, 9.17) is 4.74 Å². The first kappa shape index (κ1) is 11.0. The Morgan fingerprint density at radius 1 is 1.25 bits per heavy atom. The molecule has 0 spiro atoms. The Balaban J connectivity index is 2.42. The minimum Gasteiger partial charge on any atom is -0.481 e. The van der Waals surface area contributed by atoms with Crippen molar-refractivity contribution in [2.24, 2.45) is 0 Å². The Labute approximate surface area is 102 Å². The van der Waals surface area contributed by atoms with Crippen LogP contribution >= 0.6 is 15.9 Å². The third-order valence-electron chi connectivity index (χ3n) is 2.05. The van der Waals surface area contributed by atoms with Gasteiger partial charge in [-0.1, -0.05) is 0 Å². The summed E-state index contributed by atoms with van der Waals surface area (Å²) in [6.07, 6.45) is 1.73. The molecule has 0 saturated heterocycles. The predicted octanol–water partition coefficient (Wildman–Crippen LogP) is 2.62. The van der Waals surface area contributed by atoms with Crippen molar-refractivity contribution in [1.29, 1.82) is 0 Å². The van der Waals surface area contributed by atoms with Gasteiger partial charge in [0.05, 0.1) is 12.8 Å². The summed E-state index contributed by atoms with van der Waals surface area (Å²) in [6.45, 7) is 1.85. The van der Waals surface area contributed by atoms with Crippen LogP contribution in [0.25, 0.3) is 11.3 Å². The van der Waals surface area contributed by atoms with E-state index in [1.165, 1.54) is 0 Å². The largest absolute Gasteiger partial charge is 0.481 e. The van der Waals surface area contributed by atoms with Gasteiger partial charge in [0.1, 0.15) is 10.4 Å². The lowest BCUT2D eigenvalue weighted by molar-refractivity contribution is 0.398. The van der Waals surface area contributed by atoms with Crippen LogP contribution in [0.4, 0.5) is 0 Å². The highest BCUT2D eigenvalue weighted by atomic mass is 79.9. The second-order valence-electron chi connectivity index (χ2n) is 3.21. The normalized spacial score (nSPS) is 10.2. The number of aromatic nitrogens is 3. The monoisotopic (exact) mass is 279 g/mol. The van der Waals surface area contributed by atoms with Crippen LogP contribution in [0.1, 0.15) is 5.82 Å². The van der Waals surface area contributed by atoms with Crippen LogP contribution in [0.3, 0.4) is 0 Å². The Bertz CT molecular complexity index is 479. The lowest BCUT2D eigenvalue weighted by Crippen LogP contribution is -1.93. The van der Waals surface area contributed by atoms with Crippen LogP contribution in [-0.4, -0.2) is 22.1 Å². The number of pyridine rings is 1. The zero-order valence-electron chi connectivity index (χ0n) is 8.94. The van der Waals surface area contributed by atoms with Gasteiger partial charge in [-0.05, 0) is 35.0 Å². The zero-order chi connectivity index (χ0) is 11.5. The van der Waals surface area contributed by atoms with Crippen LogP contribution < -0.4 is 4.74 Å². The number of nitrogens with zero attached hydrogens (tertiary/aromatic N) is 3. The smallest absolute Gasteiger partial charge is 0.212 e.